The molecule has 1 N–H and O–H groups in total. The van der Waals surface area contributed by atoms with Crippen LogP contribution in [0.3, 0.4) is 0 Å². The van der Waals surface area contributed by atoms with E-state index in [9.17, 15) is 9.59 Å². The normalized spacial score (nSPS) is 20.2. The van der Waals surface area contributed by atoms with Crippen LogP contribution in [-0.2, 0) is 15.1 Å². The molecule has 1 aromatic carbocycles. The Balaban J connectivity index is 2.26. The Bertz CT molecular complexity index is 467. The van der Waals surface area contributed by atoms with Crippen LogP contribution in [0, 0.1) is 5.92 Å². The number of hydrogen-bond donors (Lipinski definition) is 1. The molecule has 4 heteroatoms. The molecule has 0 saturated carbocycles. The average Bonchev–Trinajstić information content (AvgIpc) is 2.73. The number of aliphatic carboxylic acids is 1. The minimum Gasteiger partial charge on any atom is -0.481 e. The third kappa shape index (κ3) is 2.10. The van der Waals surface area contributed by atoms with Gasteiger partial charge in [-0.2, -0.15) is 0 Å². The molecule has 0 aromatic heterocycles. The van der Waals surface area contributed by atoms with Gasteiger partial charge in [0.05, 0.1) is 11.5 Å². The zero-order chi connectivity index (χ0) is 13.3. The summed E-state index contributed by atoms with van der Waals surface area (Å²) in [5.41, 5.74) is 0.548. The van der Waals surface area contributed by atoms with Crippen LogP contribution in [0.4, 0.5) is 0 Å². The monoisotopic (exact) mass is 247 g/mol. The van der Waals surface area contributed by atoms with Gasteiger partial charge in [0.15, 0.2) is 0 Å². The summed E-state index contributed by atoms with van der Waals surface area (Å²) >= 11 is 0. The molecular formula is C14H17NO3. The summed E-state index contributed by atoms with van der Waals surface area (Å²) in [6.07, 6.45) is 0.103. The second-order valence-corrected chi connectivity index (χ2v) is 5.17. The van der Waals surface area contributed by atoms with E-state index in [4.69, 9.17) is 5.11 Å². The largest absolute Gasteiger partial charge is 0.481 e. The summed E-state index contributed by atoms with van der Waals surface area (Å²) in [7, 11) is 0. The Labute approximate surface area is 106 Å². The van der Waals surface area contributed by atoms with E-state index in [0.29, 0.717) is 0 Å². The lowest BCUT2D eigenvalue weighted by atomic mass is 9.92. The van der Waals surface area contributed by atoms with Crippen LogP contribution < -0.4 is 0 Å². The van der Waals surface area contributed by atoms with Gasteiger partial charge in [-0.3, -0.25) is 9.59 Å². The fourth-order valence-electron chi connectivity index (χ4n) is 2.41. The molecule has 2 rings (SSSR count). The van der Waals surface area contributed by atoms with Crippen molar-refractivity contribution >= 4 is 11.9 Å². The maximum Gasteiger partial charge on any atom is 0.308 e. The number of carboxylic acid groups (broad SMARTS) is 1. The van der Waals surface area contributed by atoms with Gasteiger partial charge in [-0.15, -0.1) is 0 Å². The Morgan fingerprint density at radius 3 is 2.44 bits per heavy atom. The molecule has 4 nitrogen and oxygen atoms in total. The highest BCUT2D eigenvalue weighted by Crippen LogP contribution is 2.33. The third-order valence-corrected chi connectivity index (χ3v) is 3.63. The van der Waals surface area contributed by atoms with Gasteiger partial charge < -0.3 is 10.0 Å². The molecule has 1 saturated heterocycles. The first-order valence-corrected chi connectivity index (χ1v) is 6.01. The molecule has 0 spiro atoms. The third-order valence-electron chi connectivity index (χ3n) is 3.63. The van der Waals surface area contributed by atoms with Crippen LogP contribution in [0.25, 0.3) is 0 Å². The Morgan fingerprint density at radius 2 is 1.94 bits per heavy atom. The molecule has 1 atom stereocenters. The predicted octanol–water partition coefficient (Wildman–Crippen LogP) is 1.85. The number of carboxylic acids is 1. The van der Waals surface area contributed by atoms with Crippen molar-refractivity contribution in [1.29, 1.82) is 0 Å². The maximum atomic E-state index is 12.0. The highest BCUT2D eigenvalue weighted by Gasteiger charge is 2.42. The SMILES string of the molecule is CC(C)(c1ccccc1)N1CC(C(=O)O)CC1=O. The van der Waals surface area contributed by atoms with E-state index in [1.54, 1.807) is 4.90 Å². The summed E-state index contributed by atoms with van der Waals surface area (Å²) in [5.74, 6) is -1.56. The first-order chi connectivity index (χ1) is 8.43. The summed E-state index contributed by atoms with van der Waals surface area (Å²) in [6.45, 7) is 4.19. The van der Waals surface area contributed by atoms with Crippen LogP contribution in [-0.4, -0.2) is 28.4 Å². The number of benzene rings is 1. The topological polar surface area (TPSA) is 57.6 Å². The number of hydrogen-bond acceptors (Lipinski definition) is 2. The van der Waals surface area contributed by atoms with Crippen molar-refractivity contribution in [2.45, 2.75) is 25.8 Å². The number of rotatable bonds is 3. The van der Waals surface area contributed by atoms with E-state index in [1.165, 1.54) is 0 Å². The fourth-order valence-corrected chi connectivity index (χ4v) is 2.41. The smallest absolute Gasteiger partial charge is 0.308 e. The Kier molecular flexibility index (Phi) is 3.11. The van der Waals surface area contributed by atoms with E-state index in [1.807, 2.05) is 44.2 Å². The number of amides is 1. The molecule has 96 valence electrons. The predicted molar refractivity (Wildman–Crippen MR) is 66.9 cm³/mol. The van der Waals surface area contributed by atoms with Crippen LogP contribution in [0.2, 0.25) is 0 Å². The molecule has 1 aliphatic rings. The molecule has 0 bridgehead atoms. The Hall–Kier alpha value is -1.84. The molecular weight excluding hydrogens is 230 g/mol. The van der Waals surface area contributed by atoms with Gasteiger partial charge >= 0.3 is 5.97 Å². The van der Waals surface area contributed by atoms with Crippen LogP contribution in [0.5, 0.6) is 0 Å². The van der Waals surface area contributed by atoms with Gasteiger partial charge in [0, 0.05) is 13.0 Å². The molecule has 1 aromatic rings. The summed E-state index contributed by atoms with van der Waals surface area (Å²) < 4.78 is 0. The minimum atomic E-state index is -0.894. The Morgan fingerprint density at radius 1 is 1.33 bits per heavy atom. The average molecular weight is 247 g/mol. The summed E-state index contributed by atoms with van der Waals surface area (Å²) in [6, 6.07) is 9.69. The molecule has 1 unspecified atom stereocenters. The highest BCUT2D eigenvalue weighted by atomic mass is 16.4. The molecule has 1 fully saturated rings. The minimum absolute atomic E-state index is 0.0868. The lowest BCUT2D eigenvalue weighted by Gasteiger charge is -2.36. The molecule has 0 radical (unpaired) electrons. The van der Waals surface area contributed by atoms with E-state index in [2.05, 4.69) is 0 Å². The molecule has 1 amide bonds. The fraction of sp³-hybridized carbons (Fsp3) is 0.429. The first-order valence-electron chi connectivity index (χ1n) is 6.01. The lowest BCUT2D eigenvalue weighted by Crippen LogP contribution is -2.42. The second kappa shape index (κ2) is 4.44. The quantitative estimate of drug-likeness (QED) is 0.886. The number of carbonyl (C=O) groups is 2. The van der Waals surface area contributed by atoms with Crippen molar-refractivity contribution < 1.29 is 14.7 Å². The van der Waals surface area contributed by atoms with Crippen molar-refractivity contribution in [3.8, 4) is 0 Å². The van der Waals surface area contributed by atoms with Crippen LogP contribution in [0.1, 0.15) is 25.8 Å². The molecule has 18 heavy (non-hydrogen) atoms. The van der Waals surface area contributed by atoms with Gasteiger partial charge in [-0.1, -0.05) is 30.3 Å². The number of nitrogens with zero attached hydrogens (tertiary/aromatic N) is 1. The highest BCUT2D eigenvalue weighted by molar-refractivity contribution is 5.86. The van der Waals surface area contributed by atoms with Crippen molar-refractivity contribution in [2.24, 2.45) is 5.92 Å². The van der Waals surface area contributed by atoms with Gasteiger partial charge in [0.25, 0.3) is 0 Å². The molecule has 1 heterocycles. The van der Waals surface area contributed by atoms with Gasteiger partial charge in [-0.05, 0) is 19.4 Å². The zero-order valence-corrected chi connectivity index (χ0v) is 10.6. The molecule has 1 aliphatic heterocycles. The van der Waals surface area contributed by atoms with Gasteiger partial charge in [-0.25, -0.2) is 0 Å². The number of carbonyl (C=O) groups excluding carboxylic acids is 1. The van der Waals surface area contributed by atoms with Gasteiger partial charge in [0.1, 0.15) is 0 Å². The van der Waals surface area contributed by atoms with E-state index in [-0.39, 0.29) is 18.9 Å². The second-order valence-electron chi connectivity index (χ2n) is 5.17. The van der Waals surface area contributed by atoms with Crippen molar-refractivity contribution in [2.75, 3.05) is 6.54 Å². The van der Waals surface area contributed by atoms with E-state index in [0.717, 1.165) is 5.56 Å². The van der Waals surface area contributed by atoms with E-state index >= 15 is 0 Å². The molecule has 0 aliphatic carbocycles. The van der Waals surface area contributed by atoms with Crippen LogP contribution >= 0.6 is 0 Å². The maximum absolute atomic E-state index is 12.0. The number of likely N-dealkylation sites (tertiary alicyclic amines) is 1. The summed E-state index contributed by atoms with van der Waals surface area (Å²) in [4.78, 5) is 24.6. The summed E-state index contributed by atoms with van der Waals surface area (Å²) in [5, 5.41) is 9.01. The zero-order valence-electron chi connectivity index (χ0n) is 10.6. The first kappa shape index (κ1) is 12.6. The van der Waals surface area contributed by atoms with Crippen molar-refractivity contribution in [1.82, 2.24) is 4.90 Å². The van der Waals surface area contributed by atoms with Crippen molar-refractivity contribution in [3.63, 3.8) is 0 Å². The van der Waals surface area contributed by atoms with Crippen molar-refractivity contribution in [3.05, 3.63) is 35.9 Å². The standard InChI is InChI=1S/C14H17NO3/c1-14(2,11-6-4-3-5-7-11)15-9-10(13(17)18)8-12(15)16/h3-7,10H,8-9H2,1-2H3,(H,17,18). The van der Waals surface area contributed by atoms with Crippen LogP contribution in [0.15, 0.2) is 30.3 Å². The van der Waals surface area contributed by atoms with Gasteiger partial charge in [0.2, 0.25) is 5.91 Å². The lowest BCUT2D eigenvalue weighted by molar-refractivity contribution is -0.141. The van der Waals surface area contributed by atoms with E-state index < -0.39 is 17.4 Å².